The lowest BCUT2D eigenvalue weighted by atomic mass is 10.2. The minimum atomic E-state index is -0.198. The van der Waals surface area contributed by atoms with Crippen LogP contribution in [0.25, 0.3) is 11.0 Å². The van der Waals surface area contributed by atoms with Gasteiger partial charge in [0, 0.05) is 24.5 Å². The van der Waals surface area contributed by atoms with Gasteiger partial charge in [-0.15, -0.1) is 10.2 Å². The molecular formula is C21H25N5O3S. The Morgan fingerprint density at radius 3 is 2.83 bits per heavy atom. The lowest BCUT2D eigenvalue weighted by Gasteiger charge is -2.27. The Morgan fingerprint density at radius 2 is 2.07 bits per heavy atom. The lowest BCUT2D eigenvalue weighted by Crippen LogP contribution is -2.38. The number of rotatable bonds is 7. The fourth-order valence-electron chi connectivity index (χ4n) is 3.70. The van der Waals surface area contributed by atoms with Crippen molar-refractivity contribution in [2.45, 2.75) is 37.0 Å². The quantitative estimate of drug-likeness (QED) is 0.580. The van der Waals surface area contributed by atoms with Gasteiger partial charge in [-0.05, 0) is 31.9 Å². The molecular weight excluding hydrogens is 402 g/mol. The first kappa shape index (κ1) is 19.4. The second-order valence-corrected chi connectivity index (χ2v) is 8.69. The fraction of sp³-hybridized carbons (Fsp3) is 0.476. The molecule has 5 rings (SSSR count). The van der Waals surface area contributed by atoms with Crippen LogP contribution < -0.4 is 10.2 Å². The van der Waals surface area contributed by atoms with Crippen molar-refractivity contribution in [3.8, 4) is 0 Å². The second kappa shape index (κ2) is 8.31. The van der Waals surface area contributed by atoms with Crippen molar-refractivity contribution in [2.75, 3.05) is 37.0 Å². The molecule has 8 nitrogen and oxygen atoms in total. The molecule has 1 saturated heterocycles. The molecule has 2 aliphatic rings. The Morgan fingerprint density at radius 1 is 1.27 bits per heavy atom. The minimum Gasteiger partial charge on any atom is -0.459 e. The van der Waals surface area contributed by atoms with Gasteiger partial charge in [-0.3, -0.25) is 9.36 Å². The zero-order valence-electron chi connectivity index (χ0n) is 16.9. The zero-order valence-corrected chi connectivity index (χ0v) is 17.7. The molecule has 3 aromatic rings. The van der Waals surface area contributed by atoms with E-state index in [0.29, 0.717) is 25.0 Å². The minimum absolute atomic E-state index is 0.0498. The Labute approximate surface area is 179 Å². The highest BCUT2D eigenvalue weighted by Crippen LogP contribution is 2.41. The van der Waals surface area contributed by atoms with Crippen LogP contribution in [0.15, 0.2) is 39.9 Å². The number of morpholine rings is 1. The van der Waals surface area contributed by atoms with E-state index < -0.39 is 0 Å². The van der Waals surface area contributed by atoms with Gasteiger partial charge >= 0.3 is 0 Å². The van der Waals surface area contributed by atoms with Gasteiger partial charge in [0.15, 0.2) is 5.16 Å². The summed E-state index contributed by atoms with van der Waals surface area (Å²) in [6.45, 7) is 5.00. The van der Waals surface area contributed by atoms with E-state index in [2.05, 4.69) is 25.0 Å². The molecule has 2 fully saturated rings. The van der Waals surface area contributed by atoms with E-state index in [1.54, 1.807) is 0 Å². The van der Waals surface area contributed by atoms with E-state index in [0.717, 1.165) is 53.8 Å². The number of hydrogen-bond donors (Lipinski definition) is 1. The molecule has 1 saturated carbocycles. The number of hydrogen-bond acceptors (Lipinski definition) is 7. The maximum absolute atomic E-state index is 12.6. The van der Waals surface area contributed by atoms with E-state index >= 15 is 0 Å². The predicted octanol–water partition coefficient (Wildman–Crippen LogP) is 3.17. The van der Waals surface area contributed by atoms with E-state index in [9.17, 15) is 4.79 Å². The summed E-state index contributed by atoms with van der Waals surface area (Å²) in [6.07, 6.45) is 2.27. The lowest BCUT2D eigenvalue weighted by molar-refractivity contribution is -0.119. The molecule has 1 atom stereocenters. The standard InChI is InChI=1S/C21H25N5O3S/c1-14(18-12-15-4-2-3-5-17(15)29-18)22-19(27)13-30-21-24-23-20(26(21)16-6-7-16)25-8-10-28-11-9-25/h2-5,12,14,16H,6-11,13H2,1H3,(H,22,27). The number of carbonyl (C=O) groups excluding carboxylic acids is 1. The third-order valence-corrected chi connectivity index (χ3v) is 6.38. The molecule has 1 unspecified atom stereocenters. The van der Waals surface area contributed by atoms with Gasteiger partial charge in [0.25, 0.3) is 0 Å². The summed E-state index contributed by atoms with van der Waals surface area (Å²) in [7, 11) is 0. The molecule has 0 spiro atoms. The van der Waals surface area contributed by atoms with Crippen molar-refractivity contribution in [1.29, 1.82) is 0 Å². The molecule has 30 heavy (non-hydrogen) atoms. The van der Waals surface area contributed by atoms with Gasteiger partial charge < -0.3 is 19.4 Å². The van der Waals surface area contributed by atoms with Crippen LogP contribution in [0.4, 0.5) is 5.95 Å². The number of carbonyl (C=O) groups is 1. The summed E-state index contributed by atoms with van der Waals surface area (Å²) in [5.74, 6) is 1.90. The molecule has 9 heteroatoms. The highest BCUT2D eigenvalue weighted by Gasteiger charge is 2.32. The maximum atomic E-state index is 12.6. The summed E-state index contributed by atoms with van der Waals surface area (Å²) in [5, 5.41) is 13.7. The molecule has 2 aromatic heterocycles. The second-order valence-electron chi connectivity index (χ2n) is 7.75. The van der Waals surface area contributed by atoms with Crippen LogP contribution in [0.2, 0.25) is 0 Å². The highest BCUT2D eigenvalue weighted by atomic mass is 32.2. The SMILES string of the molecule is CC(NC(=O)CSc1nnc(N2CCOCC2)n1C1CC1)c1cc2ccccc2o1. The third kappa shape index (κ3) is 4.04. The van der Waals surface area contributed by atoms with Gasteiger partial charge in [-0.2, -0.15) is 0 Å². The number of thioether (sulfide) groups is 1. The average molecular weight is 428 g/mol. The van der Waals surface area contributed by atoms with Crippen LogP contribution >= 0.6 is 11.8 Å². The van der Waals surface area contributed by atoms with Gasteiger partial charge in [-0.1, -0.05) is 30.0 Å². The maximum Gasteiger partial charge on any atom is 0.231 e. The third-order valence-electron chi connectivity index (χ3n) is 5.43. The van der Waals surface area contributed by atoms with Crippen LogP contribution in [0.3, 0.4) is 0 Å². The summed E-state index contributed by atoms with van der Waals surface area (Å²) >= 11 is 1.44. The number of furan rings is 1. The topological polar surface area (TPSA) is 85.4 Å². The number of para-hydroxylation sites is 1. The first-order valence-corrected chi connectivity index (χ1v) is 11.4. The van der Waals surface area contributed by atoms with Crippen molar-refractivity contribution in [3.05, 3.63) is 36.1 Å². The average Bonchev–Trinajstić information content (AvgIpc) is 3.36. The number of nitrogens with one attached hydrogen (secondary N) is 1. The van der Waals surface area contributed by atoms with Crippen molar-refractivity contribution in [1.82, 2.24) is 20.1 Å². The smallest absolute Gasteiger partial charge is 0.231 e. The van der Waals surface area contributed by atoms with Crippen LogP contribution in [0.1, 0.15) is 37.6 Å². The normalized spacial score (nSPS) is 18.0. The molecule has 1 amide bonds. The number of fused-ring (bicyclic) bond motifs is 1. The van der Waals surface area contributed by atoms with Gasteiger partial charge in [0.1, 0.15) is 11.3 Å². The number of benzene rings is 1. The van der Waals surface area contributed by atoms with Crippen LogP contribution in [-0.2, 0) is 9.53 Å². The molecule has 0 radical (unpaired) electrons. The van der Waals surface area contributed by atoms with E-state index in [-0.39, 0.29) is 11.9 Å². The Kier molecular flexibility index (Phi) is 5.39. The molecule has 1 aliphatic heterocycles. The fourth-order valence-corrected chi connectivity index (χ4v) is 4.51. The van der Waals surface area contributed by atoms with Crippen molar-refractivity contribution < 1.29 is 13.9 Å². The zero-order chi connectivity index (χ0) is 20.5. The Bertz CT molecular complexity index is 1010. The van der Waals surface area contributed by atoms with Crippen molar-refractivity contribution >= 4 is 34.6 Å². The molecule has 1 aliphatic carbocycles. The molecule has 1 N–H and O–H groups in total. The van der Waals surface area contributed by atoms with Crippen LogP contribution in [-0.4, -0.2) is 52.7 Å². The van der Waals surface area contributed by atoms with Crippen LogP contribution in [0, 0.1) is 0 Å². The number of aromatic nitrogens is 3. The highest BCUT2D eigenvalue weighted by molar-refractivity contribution is 7.99. The first-order chi connectivity index (χ1) is 14.7. The number of nitrogens with zero attached hydrogens (tertiary/aromatic N) is 4. The Balaban J connectivity index is 1.22. The summed E-state index contributed by atoms with van der Waals surface area (Å²) in [4.78, 5) is 14.8. The van der Waals surface area contributed by atoms with Crippen molar-refractivity contribution in [3.63, 3.8) is 0 Å². The van der Waals surface area contributed by atoms with Crippen LogP contribution in [0.5, 0.6) is 0 Å². The predicted molar refractivity (Wildman–Crippen MR) is 115 cm³/mol. The van der Waals surface area contributed by atoms with E-state index in [1.807, 2.05) is 37.3 Å². The summed E-state index contributed by atoms with van der Waals surface area (Å²) < 4.78 is 13.5. The van der Waals surface area contributed by atoms with Gasteiger partial charge in [0.2, 0.25) is 11.9 Å². The molecule has 158 valence electrons. The largest absolute Gasteiger partial charge is 0.459 e. The summed E-state index contributed by atoms with van der Waals surface area (Å²) in [6, 6.07) is 10.1. The molecule has 0 bridgehead atoms. The van der Waals surface area contributed by atoms with E-state index in [4.69, 9.17) is 9.15 Å². The van der Waals surface area contributed by atoms with Gasteiger partial charge in [-0.25, -0.2) is 0 Å². The Hall–Kier alpha value is -2.52. The molecule has 3 heterocycles. The van der Waals surface area contributed by atoms with E-state index in [1.165, 1.54) is 11.8 Å². The molecule has 1 aromatic carbocycles. The number of amides is 1. The number of anilines is 1. The summed E-state index contributed by atoms with van der Waals surface area (Å²) in [5.41, 5.74) is 0.830. The first-order valence-electron chi connectivity index (χ1n) is 10.4. The van der Waals surface area contributed by atoms with Crippen molar-refractivity contribution in [2.24, 2.45) is 0 Å². The van der Waals surface area contributed by atoms with Gasteiger partial charge in [0.05, 0.1) is 25.0 Å². The number of ether oxygens (including phenoxy) is 1. The monoisotopic (exact) mass is 427 g/mol.